The fourth-order valence-electron chi connectivity index (χ4n) is 3.49. The number of sulfonamides is 2. The Labute approximate surface area is 219 Å². The summed E-state index contributed by atoms with van der Waals surface area (Å²) < 4.78 is 59.3. The average molecular weight is 570 g/mol. The summed E-state index contributed by atoms with van der Waals surface area (Å²) in [5.74, 6) is -0.410. The van der Waals surface area contributed by atoms with Gasteiger partial charge in [0.05, 0.1) is 29.1 Å². The number of fused-ring (bicyclic) bond motifs is 1. The third-order valence-electron chi connectivity index (χ3n) is 5.34. The molecule has 0 saturated carbocycles. The van der Waals surface area contributed by atoms with E-state index in [-0.39, 0.29) is 22.9 Å². The third-order valence-corrected chi connectivity index (χ3v) is 8.53. The van der Waals surface area contributed by atoms with E-state index in [1.165, 1.54) is 48.5 Å². The second-order valence-electron chi connectivity index (χ2n) is 8.10. The monoisotopic (exact) mass is 569 g/mol. The number of aryl methyl sites for hydroxylation is 1. The lowest BCUT2D eigenvalue weighted by Crippen LogP contribution is -2.48. The first-order valence-corrected chi connectivity index (χ1v) is 14.6. The van der Waals surface area contributed by atoms with Crippen molar-refractivity contribution in [3.8, 4) is 5.75 Å². The molecular formula is C23H21Cl2N3O6S2. The average Bonchev–Trinajstić information content (AvgIpc) is 2.80. The first kappa shape index (κ1) is 26.1. The largest absolute Gasteiger partial charge is 0.476 e. The van der Waals surface area contributed by atoms with Crippen LogP contribution in [0.4, 0.5) is 17.1 Å². The minimum atomic E-state index is -3.90. The van der Waals surface area contributed by atoms with Crippen molar-refractivity contribution < 1.29 is 26.4 Å². The number of amides is 1. The number of nitrogens with one attached hydrogen (secondary N) is 2. The second kappa shape index (κ2) is 9.81. The molecule has 1 atom stereocenters. The van der Waals surface area contributed by atoms with Gasteiger partial charge in [-0.05, 0) is 67.1 Å². The fourth-order valence-corrected chi connectivity index (χ4v) is 5.79. The number of halogens is 2. The van der Waals surface area contributed by atoms with Crippen molar-refractivity contribution in [3.05, 3.63) is 76.3 Å². The summed E-state index contributed by atoms with van der Waals surface area (Å²) in [6, 6.07) is 14.8. The Kier molecular flexibility index (Phi) is 7.11. The summed E-state index contributed by atoms with van der Waals surface area (Å²) in [6.45, 7) is 1.55. The Morgan fingerprint density at radius 2 is 1.64 bits per heavy atom. The van der Waals surface area contributed by atoms with Gasteiger partial charge in [-0.25, -0.2) is 16.8 Å². The Bertz CT molecular complexity index is 1540. The predicted octanol–water partition coefficient (Wildman–Crippen LogP) is 4.27. The second-order valence-corrected chi connectivity index (χ2v) is 12.5. The highest BCUT2D eigenvalue weighted by Gasteiger charge is 2.35. The molecule has 3 aromatic carbocycles. The van der Waals surface area contributed by atoms with Gasteiger partial charge < -0.3 is 10.1 Å². The molecule has 1 heterocycles. The molecule has 0 aromatic heterocycles. The van der Waals surface area contributed by atoms with Gasteiger partial charge in [0, 0.05) is 15.7 Å². The molecule has 0 spiro atoms. The van der Waals surface area contributed by atoms with Crippen molar-refractivity contribution in [2.75, 3.05) is 27.1 Å². The normalized spacial score (nSPS) is 15.6. The number of hydrogen-bond acceptors (Lipinski definition) is 6. The number of benzene rings is 3. The summed E-state index contributed by atoms with van der Waals surface area (Å²) in [5.41, 5.74) is 1.67. The maximum atomic E-state index is 12.9. The molecule has 9 nitrogen and oxygen atoms in total. The van der Waals surface area contributed by atoms with E-state index in [2.05, 4.69) is 10.0 Å². The van der Waals surface area contributed by atoms with Crippen molar-refractivity contribution in [3.63, 3.8) is 0 Å². The van der Waals surface area contributed by atoms with Crippen LogP contribution in [0.1, 0.15) is 5.56 Å². The molecule has 13 heteroatoms. The fraction of sp³-hybridized carbons (Fsp3) is 0.174. The van der Waals surface area contributed by atoms with E-state index in [0.29, 0.717) is 21.4 Å². The zero-order valence-electron chi connectivity index (χ0n) is 19.0. The maximum Gasteiger partial charge on any atom is 0.267 e. The molecule has 2 N–H and O–H groups in total. The molecular weight excluding hydrogens is 549 g/mol. The molecule has 190 valence electrons. The molecule has 0 fully saturated rings. The van der Waals surface area contributed by atoms with E-state index >= 15 is 0 Å². The first-order valence-electron chi connectivity index (χ1n) is 10.5. The van der Waals surface area contributed by atoms with E-state index in [9.17, 15) is 21.6 Å². The molecule has 1 aliphatic rings. The quantitative estimate of drug-likeness (QED) is 0.457. The molecule has 0 aliphatic carbocycles. The lowest BCUT2D eigenvalue weighted by molar-refractivity contribution is -0.122. The van der Waals surface area contributed by atoms with Crippen LogP contribution in [0.3, 0.4) is 0 Å². The molecule has 1 unspecified atom stereocenters. The van der Waals surface area contributed by atoms with Crippen LogP contribution >= 0.6 is 23.2 Å². The number of ether oxygens (including phenoxy) is 1. The van der Waals surface area contributed by atoms with E-state index in [1.807, 2.05) is 0 Å². The SMILES string of the molecule is Cc1ccc(NS(=O)(=O)c2ccc(NC(=O)C3CN(S(C)(=O)=O)c4cc(Cl)ccc4O3)cc2)cc1Cl. The summed E-state index contributed by atoms with van der Waals surface area (Å²) in [5, 5.41) is 3.38. The minimum absolute atomic E-state index is 0.0276. The van der Waals surface area contributed by atoms with Gasteiger partial charge in [0.1, 0.15) is 5.75 Å². The highest BCUT2D eigenvalue weighted by atomic mass is 35.5. The Balaban J connectivity index is 1.48. The topological polar surface area (TPSA) is 122 Å². The smallest absolute Gasteiger partial charge is 0.267 e. The van der Waals surface area contributed by atoms with Crippen molar-refractivity contribution in [1.29, 1.82) is 0 Å². The molecule has 0 saturated heterocycles. The van der Waals surface area contributed by atoms with Gasteiger partial charge in [0.15, 0.2) is 6.10 Å². The van der Waals surface area contributed by atoms with E-state index in [0.717, 1.165) is 16.1 Å². The molecule has 3 aromatic rings. The summed E-state index contributed by atoms with van der Waals surface area (Å²) in [6.07, 6.45) is -0.125. The third kappa shape index (κ3) is 5.70. The van der Waals surface area contributed by atoms with Gasteiger partial charge in [-0.1, -0.05) is 29.3 Å². The van der Waals surface area contributed by atoms with Gasteiger partial charge in [-0.2, -0.15) is 0 Å². The van der Waals surface area contributed by atoms with E-state index in [4.69, 9.17) is 27.9 Å². The van der Waals surface area contributed by atoms with Gasteiger partial charge in [-0.15, -0.1) is 0 Å². The van der Waals surface area contributed by atoms with E-state index < -0.39 is 32.1 Å². The van der Waals surface area contributed by atoms with Gasteiger partial charge >= 0.3 is 0 Å². The van der Waals surface area contributed by atoms with E-state index in [1.54, 1.807) is 19.1 Å². The summed E-state index contributed by atoms with van der Waals surface area (Å²) in [4.78, 5) is 12.8. The zero-order valence-corrected chi connectivity index (χ0v) is 22.2. The summed E-state index contributed by atoms with van der Waals surface area (Å²) in [7, 11) is -7.62. The van der Waals surface area contributed by atoms with Crippen molar-refractivity contribution in [2.45, 2.75) is 17.9 Å². The van der Waals surface area contributed by atoms with Crippen molar-refractivity contribution >= 4 is 66.2 Å². The Morgan fingerprint density at radius 3 is 2.28 bits per heavy atom. The number of nitrogens with zero attached hydrogens (tertiary/aromatic N) is 1. The number of carbonyl (C=O) groups is 1. The van der Waals surface area contributed by atoms with Crippen molar-refractivity contribution in [1.82, 2.24) is 0 Å². The molecule has 1 amide bonds. The maximum absolute atomic E-state index is 12.9. The first-order chi connectivity index (χ1) is 16.8. The Hall–Kier alpha value is -2.99. The van der Waals surface area contributed by atoms with Gasteiger partial charge in [-0.3, -0.25) is 13.8 Å². The molecule has 36 heavy (non-hydrogen) atoms. The van der Waals surface area contributed by atoms with Gasteiger partial charge in [0.25, 0.3) is 15.9 Å². The van der Waals surface area contributed by atoms with Crippen LogP contribution in [0.15, 0.2) is 65.6 Å². The van der Waals surface area contributed by atoms with Gasteiger partial charge in [0.2, 0.25) is 10.0 Å². The van der Waals surface area contributed by atoms with Crippen LogP contribution in [0.2, 0.25) is 10.0 Å². The minimum Gasteiger partial charge on any atom is -0.476 e. The number of hydrogen-bond donors (Lipinski definition) is 2. The van der Waals surface area contributed by atoms with Crippen LogP contribution < -0.4 is 19.1 Å². The predicted molar refractivity (Wildman–Crippen MR) is 140 cm³/mol. The standard InChI is InChI=1S/C23H21Cl2N3O6S2/c1-14-3-5-17(12-19(14)25)27-36(32,33)18-8-6-16(7-9-18)26-23(29)22-13-28(35(2,30)31)20-11-15(24)4-10-21(20)34-22/h3-12,22,27H,13H2,1-2H3,(H,26,29). The van der Waals surface area contributed by atoms with Crippen LogP contribution in [-0.4, -0.2) is 41.6 Å². The summed E-state index contributed by atoms with van der Waals surface area (Å²) >= 11 is 12.1. The van der Waals surface area contributed by atoms with Crippen LogP contribution in [0.5, 0.6) is 5.75 Å². The zero-order chi connectivity index (χ0) is 26.3. The number of rotatable bonds is 6. The Morgan fingerprint density at radius 1 is 0.972 bits per heavy atom. The molecule has 4 rings (SSSR count). The number of carbonyl (C=O) groups excluding carboxylic acids is 1. The molecule has 0 radical (unpaired) electrons. The molecule has 0 bridgehead atoms. The molecule has 1 aliphatic heterocycles. The highest BCUT2D eigenvalue weighted by molar-refractivity contribution is 7.92. The number of anilines is 3. The van der Waals surface area contributed by atoms with Crippen molar-refractivity contribution in [2.24, 2.45) is 0 Å². The highest BCUT2D eigenvalue weighted by Crippen LogP contribution is 2.37. The van der Waals surface area contributed by atoms with Crippen LogP contribution in [-0.2, 0) is 24.8 Å². The lowest BCUT2D eigenvalue weighted by Gasteiger charge is -2.34. The van der Waals surface area contributed by atoms with Crippen LogP contribution in [0, 0.1) is 6.92 Å². The van der Waals surface area contributed by atoms with Crippen LogP contribution in [0.25, 0.3) is 0 Å². The lowest BCUT2D eigenvalue weighted by atomic mass is 10.2.